The fourth-order valence-corrected chi connectivity index (χ4v) is 3.59. The highest BCUT2D eigenvalue weighted by molar-refractivity contribution is 5.87. The van der Waals surface area contributed by atoms with Gasteiger partial charge in [-0.15, -0.1) is 0 Å². The predicted molar refractivity (Wildman–Crippen MR) is 102 cm³/mol. The van der Waals surface area contributed by atoms with E-state index in [0.717, 1.165) is 38.2 Å². The van der Waals surface area contributed by atoms with Crippen molar-refractivity contribution in [1.82, 2.24) is 10.2 Å². The Morgan fingerprint density at radius 2 is 1.92 bits per heavy atom. The molecule has 1 N–H and O–H groups in total. The van der Waals surface area contributed by atoms with E-state index >= 15 is 0 Å². The molecule has 1 saturated heterocycles. The zero-order valence-electron chi connectivity index (χ0n) is 15.4. The minimum Gasteiger partial charge on any atom is -0.491 e. The first kappa shape index (κ1) is 17.7. The molecule has 2 aromatic rings. The Balaban J connectivity index is 1.79. The van der Waals surface area contributed by atoms with Gasteiger partial charge in [0.25, 0.3) is 0 Å². The first-order valence-electron chi connectivity index (χ1n) is 9.19. The van der Waals surface area contributed by atoms with Crippen LogP contribution in [0.25, 0.3) is 10.8 Å². The molecule has 0 unspecified atom stereocenters. The number of ether oxygens (including phenoxy) is 1. The lowest BCUT2D eigenvalue weighted by Crippen LogP contribution is -2.43. The van der Waals surface area contributed by atoms with Gasteiger partial charge in [-0.1, -0.05) is 30.3 Å². The highest BCUT2D eigenvalue weighted by Crippen LogP contribution is 2.31. The number of carbonyl (C=O) groups is 1. The third-order valence-corrected chi connectivity index (χ3v) is 4.74. The number of likely N-dealkylation sites (tertiary alicyclic amines) is 1. The molecule has 1 aliphatic rings. The van der Waals surface area contributed by atoms with Gasteiger partial charge >= 0.3 is 0 Å². The number of nitrogens with one attached hydrogen (secondary N) is 1. The highest BCUT2D eigenvalue weighted by Gasteiger charge is 2.21. The Kier molecular flexibility index (Phi) is 5.59. The second-order valence-electron chi connectivity index (χ2n) is 7.18. The Morgan fingerprint density at radius 1 is 1.20 bits per heavy atom. The van der Waals surface area contributed by atoms with Crippen LogP contribution in [0.3, 0.4) is 0 Å². The predicted octanol–water partition coefficient (Wildman–Crippen LogP) is 3.73. The van der Waals surface area contributed by atoms with Crippen molar-refractivity contribution in [1.29, 1.82) is 0 Å². The largest absolute Gasteiger partial charge is 0.491 e. The number of nitrogens with zero attached hydrogens (tertiary/aromatic N) is 1. The molecule has 1 heterocycles. The molecule has 0 radical (unpaired) electrons. The van der Waals surface area contributed by atoms with Crippen LogP contribution in [0.2, 0.25) is 0 Å². The van der Waals surface area contributed by atoms with E-state index in [4.69, 9.17) is 4.74 Å². The van der Waals surface area contributed by atoms with Crippen molar-refractivity contribution < 1.29 is 9.53 Å². The van der Waals surface area contributed by atoms with Crippen molar-refractivity contribution in [3.05, 3.63) is 42.0 Å². The van der Waals surface area contributed by atoms with Gasteiger partial charge in [-0.2, -0.15) is 0 Å². The monoisotopic (exact) mass is 340 g/mol. The standard InChI is InChI=1S/C21H28N2O2/c1-15(2)25-21-9-8-17-6-4-5-7-19(17)20(21)14-23-12-10-18(11-13-23)22-16(3)24/h4-9,15,18H,10-14H2,1-3H3,(H,22,24). The highest BCUT2D eigenvalue weighted by atomic mass is 16.5. The van der Waals surface area contributed by atoms with E-state index in [-0.39, 0.29) is 12.0 Å². The van der Waals surface area contributed by atoms with Crippen molar-refractivity contribution in [3.8, 4) is 5.75 Å². The number of rotatable bonds is 5. The maximum Gasteiger partial charge on any atom is 0.217 e. The molecule has 0 saturated carbocycles. The summed E-state index contributed by atoms with van der Waals surface area (Å²) in [7, 11) is 0. The normalized spacial score (nSPS) is 16.3. The first-order valence-corrected chi connectivity index (χ1v) is 9.19. The molecule has 0 atom stereocenters. The minimum atomic E-state index is 0.0696. The Bertz CT molecular complexity index is 734. The minimum absolute atomic E-state index is 0.0696. The second kappa shape index (κ2) is 7.87. The van der Waals surface area contributed by atoms with E-state index < -0.39 is 0 Å². The molecule has 4 nitrogen and oxygen atoms in total. The molecule has 25 heavy (non-hydrogen) atoms. The molecule has 0 spiro atoms. The summed E-state index contributed by atoms with van der Waals surface area (Å²) in [6.07, 6.45) is 2.17. The molecule has 1 amide bonds. The van der Waals surface area contributed by atoms with Crippen LogP contribution in [0.1, 0.15) is 39.2 Å². The summed E-state index contributed by atoms with van der Waals surface area (Å²) in [5.41, 5.74) is 1.27. The molecule has 134 valence electrons. The van der Waals surface area contributed by atoms with Gasteiger partial charge in [0, 0.05) is 38.2 Å². The zero-order valence-corrected chi connectivity index (χ0v) is 15.4. The molecule has 2 aromatic carbocycles. The zero-order chi connectivity index (χ0) is 17.8. The van der Waals surface area contributed by atoms with Crippen LogP contribution in [0.5, 0.6) is 5.75 Å². The number of hydrogen-bond donors (Lipinski definition) is 1. The molecule has 0 bridgehead atoms. The van der Waals surface area contributed by atoms with E-state index in [2.05, 4.69) is 60.5 Å². The number of hydrogen-bond acceptors (Lipinski definition) is 3. The van der Waals surface area contributed by atoms with Gasteiger partial charge in [-0.25, -0.2) is 0 Å². The van der Waals surface area contributed by atoms with Crippen LogP contribution in [0.15, 0.2) is 36.4 Å². The van der Waals surface area contributed by atoms with Crippen molar-refractivity contribution in [2.75, 3.05) is 13.1 Å². The smallest absolute Gasteiger partial charge is 0.217 e. The molecule has 0 aliphatic carbocycles. The number of carbonyl (C=O) groups excluding carboxylic acids is 1. The number of amides is 1. The van der Waals surface area contributed by atoms with E-state index in [1.807, 2.05) is 0 Å². The number of piperidine rings is 1. The number of benzene rings is 2. The summed E-state index contributed by atoms with van der Waals surface area (Å²) < 4.78 is 6.09. The van der Waals surface area contributed by atoms with Gasteiger partial charge in [-0.05, 0) is 43.5 Å². The van der Waals surface area contributed by atoms with Gasteiger partial charge < -0.3 is 10.1 Å². The molecule has 3 rings (SSSR count). The number of fused-ring (bicyclic) bond motifs is 1. The van der Waals surface area contributed by atoms with Crippen LogP contribution >= 0.6 is 0 Å². The Morgan fingerprint density at radius 3 is 2.60 bits per heavy atom. The van der Waals surface area contributed by atoms with E-state index in [9.17, 15) is 4.79 Å². The lowest BCUT2D eigenvalue weighted by atomic mass is 10.0. The van der Waals surface area contributed by atoms with Crippen molar-refractivity contribution in [2.45, 2.75) is 52.3 Å². The average molecular weight is 340 g/mol. The molecule has 4 heteroatoms. The van der Waals surface area contributed by atoms with E-state index in [1.54, 1.807) is 6.92 Å². The average Bonchev–Trinajstić information content (AvgIpc) is 2.57. The van der Waals surface area contributed by atoms with Gasteiger partial charge in [-0.3, -0.25) is 9.69 Å². The van der Waals surface area contributed by atoms with E-state index in [0.29, 0.717) is 6.04 Å². The maximum atomic E-state index is 11.2. The van der Waals surface area contributed by atoms with Gasteiger partial charge in [0.15, 0.2) is 0 Å². The third kappa shape index (κ3) is 4.51. The van der Waals surface area contributed by atoms with Crippen molar-refractivity contribution >= 4 is 16.7 Å². The summed E-state index contributed by atoms with van der Waals surface area (Å²) in [4.78, 5) is 13.7. The van der Waals surface area contributed by atoms with Crippen molar-refractivity contribution in [3.63, 3.8) is 0 Å². The van der Waals surface area contributed by atoms with Crippen LogP contribution in [0, 0.1) is 0 Å². The summed E-state index contributed by atoms with van der Waals surface area (Å²) in [5.74, 6) is 1.05. The fourth-order valence-electron chi connectivity index (χ4n) is 3.59. The van der Waals surface area contributed by atoms with Crippen LogP contribution in [0.4, 0.5) is 0 Å². The summed E-state index contributed by atoms with van der Waals surface area (Å²) in [6.45, 7) is 8.61. The van der Waals surface area contributed by atoms with Crippen LogP contribution in [-0.4, -0.2) is 36.0 Å². The lowest BCUT2D eigenvalue weighted by molar-refractivity contribution is -0.119. The Labute approximate surface area is 150 Å². The first-order chi connectivity index (χ1) is 12.0. The van der Waals surface area contributed by atoms with Crippen LogP contribution < -0.4 is 10.1 Å². The van der Waals surface area contributed by atoms with E-state index in [1.165, 1.54) is 16.3 Å². The molecular weight excluding hydrogens is 312 g/mol. The summed E-state index contributed by atoms with van der Waals surface area (Å²) in [5, 5.41) is 5.56. The molecular formula is C21H28N2O2. The SMILES string of the molecule is CC(=O)NC1CCN(Cc2c(OC(C)C)ccc3ccccc23)CC1. The second-order valence-corrected chi connectivity index (χ2v) is 7.18. The topological polar surface area (TPSA) is 41.6 Å². The van der Waals surface area contributed by atoms with Gasteiger partial charge in [0.05, 0.1) is 6.10 Å². The van der Waals surface area contributed by atoms with Gasteiger partial charge in [0.2, 0.25) is 5.91 Å². The third-order valence-electron chi connectivity index (χ3n) is 4.74. The Hall–Kier alpha value is -2.07. The fraction of sp³-hybridized carbons (Fsp3) is 0.476. The summed E-state index contributed by atoms with van der Waals surface area (Å²) >= 11 is 0. The van der Waals surface area contributed by atoms with Crippen LogP contribution in [-0.2, 0) is 11.3 Å². The molecule has 1 fully saturated rings. The molecule has 1 aliphatic heterocycles. The molecule has 0 aromatic heterocycles. The van der Waals surface area contributed by atoms with Gasteiger partial charge in [0.1, 0.15) is 5.75 Å². The maximum absolute atomic E-state index is 11.2. The summed E-state index contributed by atoms with van der Waals surface area (Å²) in [6, 6.07) is 13.1. The van der Waals surface area contributed by atoms with Crippen molar-refractivity contribution in [2.24, 2.45) is 0 Å². The quantitative estimate of drug-likeness (QED) is 0.902. The lowest BCUT2D eigenvalue weighted by Gasteiger charge is -2.33.